The standard InChI is InChI=1S/C8H11N3/c1-7-8(6-10-11-7)4-2-3-5-9/h6H,3,5,9H2,1H3,(H,10,11). The summed E-state index contributed by atoms with van der Waals surface area (Å²) < 4.78 is 0. The van der Waals surface area contributed by atoms with Crippen molar-refractivity contribution >= 4 is 0 Å². The monoisotopic (exact) mass is 149 g/mol. The molecular weight excluding hydrogens is 138 g/mol. The number of rotatable bonds is 1. The summed E-state index contributed by atoms with van der Waals surface area (Å²) in [5.41, 5.74) is 7.25. The first-order chi connectivity index (χ1) is 5.34. The quantitative estimate of drug-likeness (QED) is 0.568. The molecule has 0 amide bonds. The number of aryl methyl sites for hydroxylation is 1. The molecule has 3 nitrogen and oxygen atoms in total. The van der Waals surface area contributed by atoms with Crippen LogP contribution in [0.4, 0.5) is 0 Å². The average molecular weight is 149 g/mol. The minimum absolute atomic E-state index is 0.615. The maximum Gasteiger partial charge on any atom is 0.0651 e. The number of hydrogen-bond donors (Lipinski definition) is 2. The van der Waals surface area contributed by atoms with Crippen molar-refractivity contribution in [2.45, 2.75) is 13.3 Å². The van der Waals surface area contributed by atoms with Crippen molar-refractivity contribution in [3.05, 3.63) is 17.5 Å². The second kappa shape index (κ2) is 3.79. The van der Waals surface area contributed by atoms with Gasteiger partial charge in [0.2, 0.25) is 0 Å². The van der Waals surface area contributed by atoms with Gasteiger partial charge in [0.1, 0.15) is 0 Å². The second-order valence-electron chi connectivity index (χ2n) is 2.25. The van der Waals surface area contributed by atoms with Gasteiger partial charge in [-0.1, -0.05) is 11.8 Å². The van der Waals surface area contributed by atoms with E-state index in [1.807, 2.05) is 6.92 Å². The Morgan fingerprint density at radius 1 is 1.73 bits per heavy atom. The molecule has 0 bridgehead atoms. The fourth-order valence-corrected chi connectivity index (χ4v) is 0.707. The van der Waals surface area contributed by atoms with Gasteiger partial charge < -0.3 is 5.73 Å². The molecule has 58 valence electrons. The van der Waals surface area contributed by atoms with E-state index in [4.69, 9.17) is 5.73 Å². The van der Waals surface area contributed by atoms with Gasteiger partial charge in [0.25, 0.3) is 0 Å². The number of aromatic nitrogens is 2. The highest BCUT2D eigenvalue weighted by Gasteiger charge is 1.92. The minimum atomic E-state index is 0.615. The largest absolute Gasteiger partial charge is 0.330 e. The smallest absolute Gasteiger partial charge is 0.0651 e. The predicted octanol–water partition coefficient (Wildman–Crippen LogP) is 0.418. The summed E-state index contributed by atoms with van der Waals surface area (Å²) in [7, 11) is 0. The van der Waals surface area contributed by atoms with Crippen molar-refractivity contribution in [3.63, 3.8) is 0 Å². The Labute approximate surface area is 66.0 Å². The van der Waals surface area contributed by atoms with E-state index >= 15 is 0 Å². The van der Waals surface area contributed by atoms with Crippen LogP contribution in [0.2, 0.25) is 0 Å². The van der Waals surface area contributed by atoms with Crippen LogP contribution in [0.1, 0.15) is 17.7 Å². The Balaban J connectivity index is 2.65. The Kier molecular flexibility index (Phi) is 2.70. The summed E-state index contributed by atoms with van der Waals surface area (Å²) in [5.74, 6) is 5.91. The van der Waals surface area contributed by atoms with Gasteiger partial charge in [-0.25, -0.2) is 0 Å². The van der Waals surface area contributed by atoms with Crippen molar-refractivity contribution < 1.29 is 0 Å². The van der Waals surface area contributed by atoms with Crippen LogP contribution < -0.4 is 5.73 Å². The van der Waals surface area contributed by atoms with Crippen LogP contribution in [0.25, 0.3) is 0 Å². The Morgan fingerprint density at radius 3 is 3.09 bits per heavy atom. The van der Waals surface area contributed by atoms with Crippen LogP contribution in [0.3, 0.4) is 0 Å². The lowest BCUT2D eigenvalue weighted by Crippen LogP contribution is -1.95. The highest BCUT2D eigenvalue weighted by atomic mass is 15.1. The van der Waals surface area contributed by atoms with E-state index in [1.165, 1.54) is 0 Å². The molecule has 0 aliphatic rings. The van der Waals surface area contributed by atoms with Crippen LogP contribution in [-0.4, -0.2) is 16.7 Å². The third kappa shape index (κ3) is 2.10. The summed E-state index contributed by atoms with van der Waals surface area (Å²) in [5, 5.41) is 6.65. The molecule has 0 radical (unpaired) electrons. The van der Waals surface area contributed by atoms with Crippen LogP contribution in [0.15, 0.2) is 6.20 Å². The molecule has 0 spiro atoms. The molecule has 0 aliphatic carbocycles. The number of hydrogen-bond acceptors (Lipinski definition) is 2. The predicted molar refractivity (Wildman–Crippen MR) is 43.9 cm³/mol. The Hall–Kier alpha value is -1.27. The van der Waals surface area contributed by atoms with E-state index in [-0.39, 0.29) is 0 Å². The molecule has 0 saturated carbocycles. The normalized spacial score (nSPS) is 8.91. The Morgan fingerprint density at radius 2 is 2.55 bits per heavy atom. The van der Waals surface area contributed by atoms with E-state index < -0.39 is 0 Å². The fraction of sp³-hybridized carbons (Fsp3) is 0.375. The SMILES string of the molecule is Cc1[nH]ncc1C#CCCN. The first-order valence-corrected chi connectivity index (χ1v) is 3.53. The van der Waals surface area contributed by atoms with Gasteiger partial charge in [-0.2, -0.15) is 5.10 Å². The Bertz CT molecular complexity index is 277. The lowest BCUT2D eigenvalue weighted by Gasteiger charge is -1.82. The van der Waals surface area contributed by atoms with E-state index in [0.29, 0.717) is 6.54 Å². The van der Waals surface area contributed by atoms with Gasteiger partial charge in [-0.05, 0) is 6.92 Å². The van der Waals surface area contributed by atoms with Crippen LogP contribution in [0.5, 0.6) is 0 Å². The van der Waals surface area contributed by atoms with Crippen LogP contribution >= 0.6 is 0 Å². The van der Waals surface area contributed by atoms with Gasteiger partial charge in [-0.15, -0.1) is 0 Å². The maximum atomic E-state index is 5.28. The third-order valence-electron chi connectivity index (χ3n) is 1.32. The molecular formula is C8H11N3. The van der Waals surface area contributed by atoms with E-state index in [1.54, 1.807) is 6.20 Å². The zero-order valence-electron chi connectivity index (χ0n) is 6.52. The molecule has 0 atom stereocenters. The molecule has 1 aromatic rings. The zero-order valence-corrected chi connectivity index (χ0v) is 6.52. The summed E-state index contributed by atoms with van der Waals surface area (Å²) >= 11 is 0. The molecule has 0 aromatic carbocycles. The summed E-state index contributed by atoms with van der Waals surface area (Å²) in [6.07, 6.45) is 2.46. The molecule has 3 heteroatoms. The maximum absolute atomic E-state index is 5.28. The van der Waals surface area contributed by atoms with E-state index in [2.05, 4.69) is 22.0 Å². The topological polar surface area (TPSA) is 54.7 Å². The minimum Gasteiger partial charge on any atom is -0.330 e. The molecule has 1 heterocycles. The third-order valence-corrected chi connectivity index (χ3v) is 1.32. The van der Waals surface area contributed by atoms with Gasteiger partial charge in [0, 0.05) is 18.7 Å². The number of nitrogens with zero attached hydrogens (tertiary/aromatic N) is 1. The molecule has 3 N–H and O–H groups in total. The molecule has 1 aromatic heterocycles. The first kappa shape index (κ1) is 7.83. The lowest BCUT2D eigenvalue weighted by atomic mass is 10.2. The number of nitrogens with one attached hydrogen (secondary N) is 1. The molecule has 1 rings (SSSR count). The van der Waals surface area contributed by atoms with Gasteiger partial charge in [-0.3, -0.25) is 5.10 Å². The van der Waals surface area contributed by atoms with Crippen molar-refractivity contribution in [1.29, 1.82) is 0 Å². The van der Waals surface area contributed by atoms with E-state index in [0.717, 1.165) is 17.7 Å². The molecule has 0 unspecified atom stereocenters. The van der Waals surface area contributed by atoms with Crippen LogP contribution in [0, 0.1) is 18.8 Å². The average Bonchev–Trinajstić information content (AvgIpc) is 2.37. The molecule has 0 fully saturated rings. The summed E-state index contributed by atoms with van der Waals surface area (Å²) in [6, 6.07) is 0. The molecule has 0 aliphatic heterocycles. The highest BCUT2D eigenvalue weighted by Crippen LogP contribution is 1.98. The van der Waals surface area contributed by atoms with Crippen LogP contribution in [-0.2, 0) is 0 Å². The molecule has 0 saturated heterocycles. The lowest BCUT2D eigenvalue weighted by molar-refractivity contribution is 1.03. The summed E-state index contributed by atoms with van der Waals surface area (Å²) in [4.78, 5) is 0. The van der Waals surface area contributed by atoms with E-state index in [9.17, 15) is 0 Å². The molecule has 11 heavy (non-hydrogen) atoms. The van der Waals surface area contributed by atoms with Crippen molar-refractivity contribution in [3.8, 4) is 11.8 Å². The van der Waals surface area contributed by atoms with Gasteiger partial charge in [0.05, 0.1) is 11.8 Å². The fourth-order valence-electron chi connectivity index (χ4n) is 0.707. The number of aromatic amines is 1. The summed E-state index contributed by atoms with van der Waals surface area (Å²) in [6.45, 7) is 2.56. The van der Waals surface area contributed by atoms with Gasteiger partial charge in [0.15, 0.2) is 0 Å². The first-order valence-electron chi connectivity index (χ1n) is 3.53. The number of nitrogens with two attached hydrogens (primary N) is 1. The second-order valence-corrected chi connectivity index (χ2v) is 2.25. The zero-order chi connectivity index (χ0) is 8.10. The highest BCUT2D eigenvalue weighted by molar-refractivity contribution is 5.34. The van der Waals surface area contributed by atoms with Gasteiger partial charge >= 0.3 is 0 Å². The van der Waals surface area contributed by atoms with Crippen molar-refractivity contribution in [2.24, 2.45) is 5.73 Å². The number of H-pyrrole nitrogens is 1. The van der Waals surface area contributed by atoms with Crippen molar-refractivity contribution in [1.82, 2.24) is 10.2 Å². The van der Waals surface area contributed by atoms with Crippen molar-refractivity contribution in [2.75, 3.05) is 6.54 Å².